The SMILES string of the molecule is CCNC(C)C1(C)C(C)C(C)C1C. The molecule has 1 heteroatoms. The van der Waals surface area contributed by atoms with Crippen molar-refractivity contribution in [2.45, 2.75) is 47.6 Å². The van der Waals surface area contributed by atoms with Crippen molar-refractivity contribution in [3.8, 4) is 0 Å². The van der Waals surface area contributed by atoms with Gasteiger partial charge in [-0.05, 0) is 36.6 Å². The van der Waals surface area contributed by atoms with E-state index < -0.39 is 0 Å². The van der Waals surface area contributed by atoms with Gasteiger partial charge in [-0.25, -0.2) is 0 Å². The molecular formula is C12H25N. The van der Waals surface area contributed by atoms with E-state index in [2.05, 4.69) is 46.9 Å². The summed E-state index contributed by atoms with van der Waals surface area (Å²) < 4.78 is 0. The Labute approximate surface area is 83.3 Å². The minimum absolute atomic E-state index is 0.509. The molecule has 0 aromatic carbocycles. The van der Waals surface area contributed by atoms with Crippen LogP contribution in [-0.4, -0.2) is 12.6 Å². The standard InChI is InChI=1S/C12H25N/c1-7-13-11(5)12(6)9(3)8(2)10(12)4/h8-11,13H,7H2,1-6H3. The maximum Gasteiger partial charge on any atom is 0.00977 e. The largest absolute Gasteiger partial charge is 0.314 e. The lowest BCUT2D eigenvalue weighted by atomic mass is 9.47. The fraction of sp³-hybridized carbons (Fsp3) is 1.00. The zero-order chi connectivity index (χ0) is 10.2. The highest BCUT2D eigenvalue weighted by atomic mass is 14.9. The Morgan fingerprint density at radius 2 is 1.69 bits per heavy atom. The normalized spacial score (nSPS) is 47.1. The molecule has 1 rings (SSSR count). The van der Waals surface area contributed by atoms with Crippen LogP contribution in [0, 0.1) is 23.2 Å². The summed E-state index contributed by atoms with van der Waals surface area (Å²) >= 11 is 0. The molecule has 3 atom stereocenters. The van der Waals surface area contributed by atoms with E-state index in [-0.39, 0.29) is 0 Å². The summed E-state index contributed by atoms with van der Waals surface area (Å²) in [4.78, 5) is 0. The van der Waals surface area contributed by atoms with Crippen molar-refractivity contribution in [1.82, 2.24) is 5.32 Å². The minimum Gasteiger partial charge on any atom is -0.314 e. The summed E-state index contributed by atoms with van der Waals surface area (Å²) in [6.07, 6.45) is 0. The molecule has 0 amide bonds. The van der Waals surface area contributed by atoms with Gasteiger partial charge < -0.3 is 5.32 Å². The average molecular weight is 183 g/mol. The first-order valence-electron chi connectivity index (χ1n) is 5.69. The first kappa shape index (κ1) is 11.0. The molecule has 0 bridgehead atoms. The van der Waals surface area contributed by atoms with Crippen molar-refractivity contribution in [3.05, 3.63) is 0 Å². The van der Waals surface area contributed by atoms with E-state index in [1.54, 1.807) is 0 Å². The highest BCUT2D eigenvalue weighted by Gasteiger charge is 2.54. The quantitative estimate of drug-likeness (QED) is 0.709. The van der Waals surface area contributed by atoms with Crippen molar-refractivity contribution in [2.24, 2.45) is 23.2 Å². The number of nitrogens with one attached hydrogen (secondary N) is 1. The van der Waals surface area contributed by atoms with Crippen LogP contribution in [0.5, 0.6) is 0 Å². The minimum atomic E-state index is 0.509. The van der Waals surface area contributed by atoms with E-state index >= 15 is 0 Å². The Hall–Kier alpha value is -0.0400. The van der Waals surface area contributed by atoms with Crippen molar-refractivity contribution < 1.29 is 0 Å². The van der Waals surface area contributed by atoms with Crippen molar-refractivity contribution in [1.29, 1.82) is 0 Å². The first-order chi connectivity index (χ1) is 5.96. The summed E-state index contributed by atoms with van der Waals surface area (Å²) in [5.41, 5.74) is 0.509. The molecule has 78 valence electrons. The summed E-state index contributed by atoms with van der Waals surface area (Å²) in [6, 6.07) is 0.652. The summed E-state index contributed by atoms with van der Waals surface area (Å²) in [5.74, 6) is 2.61. The highest BCUT2D eigenvalue weighted by Crippen LogP contribution is 2.57. The van der Waals surface area contributed by atoms with E-state index in [0.29, 0.717) is 11.5 Å². The Morgan fingerprint density at radius 3 is 2.08 bits per heavy atom. The van der Waals surface area contributed by atoms with Crippen LogP contribution in [0.15, 0.2) is 0 Å². The van der Waals surface area contributed by atoms with Crippen LogP contribution in [-0.2, 0) is 0 Å². The molecule has 1 nitrogen and oxygen atoms in total. The number of hydrogen-bond acceptors (Lipinski definition) is 1. The van der Waals surface area contributed by atoms with Gasteiger partial charge in [0.15, 0.2) is 0 Å². The Morgan fingerprint density at radius 1 is 1.23 bits per heavy atom. The second-order valence-electron chi connectivity index (χ2n) is 5.08. The predicted molar refractivity (Wildman–Crippen MR) is 58.7 cm³/mol. The van der Waals surface area contributed by atoms with Crippen molar-refractivity contribution in [2.75, 3.05) is 6.54 Å². The van der Waals surface area contributed by atoms with E-state index in [1.165, 1.54) is 0 Å². The molecule has 0 saturated heterocycles. The van der Waals surface area contributed by atoms with E-state index in [0.717, 1.165) is 24.3 Å². The van der Waals surface area contributed by atoms with E-state index in [4.69, 9.17) is 0 Å². The molecule has 1 aliphatic carbocycles. The van der Waals surface area contributed by atoms with Crippen molar-refractivity contribution in [3.63, 3.8) is 0 Å². The zero-order valence-corrected chi connectivity index (χ0v) is 10.0. The second kappa shape index (κ2) is 3.61. The van der Waals surface area contributed by atoms with Crippen LogP contribution in [0.2, 0.25) is 0 Å². The third-order valence-electron chi connectivity index (χ3n) is 4.98. The highest BCUT2D eigenvalue weighted by molar-refractivity contribution is 5.04. The molecule has 0 aromatic rings. The van der Waals surface area contributed by atoms with Gasteiger partial charge in [0.25, 0.3) is 0 Å². The third kappa shape index (κ3) is 1.41. The first-order valence-corrected chi connectivity index (χ1v) is 5.69. The van der Waals surface area contributed by atoms with Gasteiger partial charge in [0.2, 0.25) is 0 Å². The zero-order valence-electron chi connectivity index (χ0n) is 10.0. The topological polar surface area (TPSA) is 12.0 Å². The van der Waals surface area contributed by atoms with Gasteiger partial charge in [-0.3, -0.25) is 0 Å². The maximum atomic E-state index is 3.57. The Bertz CT molecular complexity index is 166. The van der Waals surface area contributed by atoms with E-state index in [1.807, 2.05) is 0 Å². The van der Waals surface area contributed by atoms with Gasteiger partial charge in [-0.2, -0.15) is 0 Å². The lowest BCUT2D eigenvalue weighted by Gasteiger charge is -2.60. The van der Waals surface area contributed by atoms with Gasteiger partial charge in [0.05, 0.1) is 0 Å². The van der Waals surface area contributed by atoms with Crippen LogP contribution in [0.1, 0.15) is 41.5 Å². The van der Waals surface area contributed by atoms with Crippen LogP contribution >= 0.6 is 0 Å². The van der Waals surface area contributed by atoms with Crippen molar-refractivity contribution >= 4 is 0 Å². The predicted octanol–water partition coefficient (Wildman–Crippen LogP) is 2.91. The lowest BCUT2D eigenvalue weighted by Crippen LogP contribution is -2.60. The summed E-state index contributed by atoms with van der Waals surface area (Å²) in [5, 5.41) is 3.57. The van der Waals surface area contributed by atoms with Gasteiger partial charge in [0.1, 0.15) is 0 Å². The fourth-order valence-corrected chi connectivity index (χ4v) is 3.18. The summed E-state index contributed by atoms with van der Waals surface area (Å²) in [6.45, 7) is 15.2. The average Bonchev–Trinajstić information content (AvgIpc) is 2.14. The maximum absolute atomic E-state index is 3.57. The van der Waals surface area contributed by atoms with Gasteiger partial charge in [0, 0.05) is 6.04 Å². The van der Waals surface area contributed by atoms with Gasteiger partial charge >= 0.3 is 0 Å². The molecule has 1 aliphatic rings. The number of rotatable bonds is 3. The van der Waals surface area contributed by atoms with Gasteiger partial charge in [-0.15, -0.1) is 0 Å². The molecular weight excluding hydrogens is 158 g/mol. The molecule has 13 heavy (non-hydrogen) atoms. The molecule has 0 heterocycles. The molecule has 0 spiro atoms. The smallest absolute Gasteiger partial charge is 0.00977 e. The van der Waals surface area contributed by atoms with Gasteiger partial charge in [-0.1, -0.05) is 34.6 Å². The summed E-state index contributed by atoms with van der Waals surface area (Å²) in [7, 11) is 0. The van der Waals surface area contributed by atoms with Crippen LogP contribution < -0.4 is 5.32 Å². The Balaban J connectivity index is 2.66. The van der Waals surface area contributed by atoms with Crippen LogP contribution in [0.25, 0.3) is 0 Å². The lowest BCUT2D eigenvalue weighted by molar-refractivity contribution is -0.103. The van der Waals surface area contributed by atoms with Crippen LogP contribution in [0.4, 0.5) is 0 Å². The Kier molecular flexibility index (Phi) is 3.06. The fourth-order valence-electron chi connectivity index (χ4n) is 3.18. The van der Waals surface area contributed by atoms with E-state index in [9.17, 15) is 0 Å². The molecule has 1 fully saturated rings. The second-order valence-corrected chi connectivity index (χ2v) is 5.08. The molecule has 1 saturated carbocycles. The molecule has 0 aliphatic heterocycles. The number of hydrogen-bond donors (Lipinski definition) is 1. The third-order valence-corrected chi connectivity index (χ3v) is 4.98. The molecule has 0 aromatic heterocycles. The van der Waals surface area contributed by atoms with Crippen LogP contribution in [0.3, 0.4) is 0 Å². The molecule has 1 N–H and O–H groups in total. The monoisotopic (exact) mass is 183 g/mol. The molecule has 3 unspecified atom stereocenters. The molecule has 0 radical (unpaired) electrons.